The van der Waals surface area contributed by atoms with Crippen molar-refractivity contribution in [1.29, 1.82) is 0 Å². The molecule has 90 valence electrons. The average molecular weight is 223 g/mol. The molecule has 0 aromatic carbocycles. The van der Waals surface area contributed by atoms with Crippen LogP contribution in [0.4, 0.5) is 4.79 Å². The van der Waals surface area contributed by atoms with Crippen LogP contribution in [-0.4, -0.2) is 44.2 Å². The van der Waals surface area contributed by atoms with Gasteiger partial charge in [0.15, 0.2) is 0 Å². The molecule has 1 fully saturated rings. The monoisotopic (exact) mass is 223 g/mol. The van der Waals surface area contributed by atoms with E-state index in [1.54, 1.807) is 19.0 Å². The molecule has 0 aliphatic heterocycles. The summed E-state index contributed by atoms with van der Waals surface area (Å²) < 4.78 is 0. The van der Waals surface area contributed by atoms with Crippen molar-refractivity contribution >= 4 is 6.03 Å². The van der Waals surface area contributed by atoms with E-state index in [9.17, 15) is 4.79 Å². The van der Waals surface area contributed by atoms with Crippen LogP contribution in [0.25, 0.3) is 0 Å². The number of rotatable bonds is 4. The lowest BCUT2D eigenvalue weighted by Crippen LogP contribution is -2.50. The summed E-state index contributed by atoms with van der Waals surface area (Å²) in [7, 11) is 3.51. The number of fused-ring (bicyclic) bond motifs is 1. The van der Waals surface area contributed by atoms with Gasteiger partial charge in [0.2, 0.25) is 0 Å². The molecule has 0 heterocycles. The van der Waals surface area contributed by atoms with Crippen molar-refractivity contribution in [2.45, 2.75) is 18.9 Å². The summed E-state index contributed by atoms with van der Waals surface area (Å²) in [6, 6.07) is 0.619. The molecule has 2 aliphatic carbocycles. The zero-order chi connectivity index (χ0) is 11.5. The van der Waals surface area contributed by atoms with Gasteiger partial charge >= 0.3 is 6.03 Å². The Balaban J connectivity index is 1.56. The van der Waals surface area contributed by atoms with E-state index in [4.69, 9.17) is 0 Å². The normalized spacial score (nSPS) is 30.8. The maximum Gasteiger partial charge on any atom is 0.316 e. The molecule has 0 saturated heterocycles. The van der Waals surface area contributed by atoms with Gasteiger partial charge in [0.1, 0.15) is 0 Å². The molecule has 1 saturated carbocycles. The Morgan fingerprint density at radius 3 is 2.94 bits per heavy atom. The van der Waals surface area contributed by atoms with Crippen molar-refractivity contribution in [3.8, 4) is 0 Å². The van der Waals surface area contributed by atoms with Crippen molar-refractivity contribution < 1.29 is 4.79 Å². The summed E-state index contributed by atoms with van der Waals surface area (Å²) in [6.45, 7) is 1.57. The third kappa shape index (κ3) is 2.38. The van der Waals surface area contributed by atoms with Crippen LogP contribution < -0.4 is 10.6 Å². The molecule has 2 aliphatic rings. The van der Waals surface area contributed by atoms with E-state index in [0.29, 0.717) is 12.6 Å². The van der Waals surface area contributed by atoms with Crippen LogP contribution in [-0.2, 0) is 0 Å². The minimum Gasteiger partial charge on any atom is -0.337 e. The number of carbonyl (C=O) groups is 1. The Kier molecular flexibility index (Phi) is 3.49. The highest BCUT2D eigenvalue weighted by molar-refractivity contribution is 5.73. The van der Waals surface area contributed by atoms with Gasteiger partial charge in [0.25, 0.3) is 0 Å². The predicted molar refractivity (Wildman–Crippen MR) is 64.2 cm³/mol. The number of allylic oxidation sites excluding steroid dienone is 1. The van der Waals surface area contributed by atoms with Gasteiger partial charge in [-0.3, -0.25) is 0 Å². The van der Waals surface area contributed by atoms with Crippen LogP contribution in [0.5, 0.6) is 0 Å². The van der Waals surface area contributed by atoms with E-state index in [1.807, 2.05) is 0 Å². The van der Waals surface area contributed by atoms with Crippen LogP contribution in [0.3, 0.4) is 0 Å². The minimum atomic E-state index is -0.0194. The highest BCUT2D eigenvalue weighted by Crippen LogP contribution is 2.42. The van der Waals surface area contributed by atoms with E-state index in [-0.39, 0.29) is 6.03 Å². The number of hydrogen-bond acceptors (Lipinski definition) is 2. The lowest BCUT2D eigenvalue weighted by molar-refractivity contribution is 0.163. The maximum atomic E-state index is 11.2. The molecule has 2 rings (SSSR count). The van der Waals surface area contributed by atoms with Gasteiger partial charge < -0.3 is 15.5 Å². The van der Waals surface area contributed by atoms with Gasteiger partial charge in [0.05, 0.1) is 0 Å². The summed E-state index contributed by atoms with van der Waals surface area (Å²) in [5.74, 6) is 1.65. The lowest BCUT2D eigenvalue weighted by atomic mass is 9.71. The van der Waals surface area contributed by atoms with Crippen LogP contribution >= 0.6 is 0 Å². The van der Waals surface area contributed by atoms with Gasteiger partial charge in [0, 0.05) is 33.2 Å². The fourth-order valence-electron chi connectivity index (χ4n) is 2.53. The summed E-state index contributed by atoms with van der Waals surface area (Å²) in [5, 5.41) is 6.35. The first-order valence-corrected chi connectivity index (χ1v) is 6.03. The SMILES string of the molecule is CN(C)C(=O)NCCNC1CC2CC=CC21. The number of nitrogens with one attached hydrogen (secondary N) is 2. The van der Waals surface area contributed by atoms with Gasteiger partial charge in [-0.25, -0.2) is 4.79 Å². The lowest BCUT2D eigenvalue weighted by Gasteiger charge is -2.40. The van der Waals surface area contributed by atoms with Crippen LogP contribution in [0, 0.1) is 11.8 Å². The van der Waals surface area contributed by atoms with E-state index in [0.717, 1.165) is 18.4 Å². The second-order valence-corrected chi connectivity index (χ2v) is 4.92. The highest BCUT2D eigenvalue weighted by atomic mass is 16.2. The quantitative estimate of drug-likeness (QED) is 0.547. The van der Waals surface area contributed by atoms with Crippen molar-refractivity contribution in [3.05, 3.63) is 12.2 Å². The number of hydrogen-bond donors (Lipinski definition) is 2. The molecular weight excluding hydrogens is 202 g/mol. The third-order valence-electron chi connectivity index (χ3n) is 3.58. The third-order valence-corrected chi connectivity index (χ3v) is 3.58. The van der Waals surface area contributed by atoms with E-state index < -0.39 is 0 Å². The molecule has 0 spiro atoms. The number of urea groups is 1. The van der Waals surface area contributed by atoms with Crippen molar-refractivity contribution in [2.24, 2.45) is 11.8 Å². The summed E-state index contributed by atoms with van der Waals surface area (Å²) in [5.41, 5.74) is 0. The fourth-order valence-corrected chi connectivity index (χ4v) is 2.53. The molecule has 0 radical (unpaired) electrons. The van der Waals surface area contributed by atoms with Crippen molar-refractivity contribution in [2.75, 3.05) is 27.2 Å². The minimum absolute atomic E-state index is 0.0194. The molecule has 4 nitrogen and oxygen atoms in total. The smallest absolute Gasteiger partial charge is 0.316 e. The van der Waals surface area contributed by atoms with E-state index in [2.05, 4.69) is 22.8 Å². The Morgan fingerprint density at radius 2 is 2.25 bits per heavy atom. The van der Waals surface area contributed by atoms with E-state index in [1.165, 1.54) is 12.8 Å². The second-order valence-electron chi connectivity index (χ2n) is 4.92. The molecule has 0 aromatic rings. The Bertz CT molecular complexity index is 288. The molecule has 0 bridgehead atoms. The topological polar surface area (TPSA) is 44.4 Å². The molecule has 3 atom stereocenters. The molecular formula is C12H21N3O. The summed E-state index contributed by atoms with van der Waals surface area (Å²) >= 11 is 0. The first-order valence-electron chi connectivity index (χ1n) is 6.03. The zero-order valence-corrected chi connectivity index (χ0v) is 10.1. The first-order chi connectivity index (χ1) is 7.68. The highest BCUT2D eigenvalue weighted by Gasteiger charge is 2.40. The van der Waals surface area contributed by atoms with Gasteiger partial charge in [-0.1, -0.05) is 12.2 Å². The molecule has 3 unspecified atom stereocenters. The van der Waals surface area contributed by atoms with Crippen molar-refractivity contribution in [1.82, 2.24) is 15.5 Å². The first kappa shape index (κ1) is 11.5. The summed E-state index contributed by atoms with van der Waals surface area (Å²) in [4.78, 5) is 12.8. The zero-order valence-electron chi connectivity index (χ0n) is 10.1. The number of nitrogens with zero attached hydrogens (tertiary/aromatic N) is 1. The Labute approximate surface area is 97.1 Å². The number of carbonyl (C=O) groups excluding carboxylic acids is 1. The van der Waals surface area contributed by atoms with Gasteiger partial charge in [-0.15, -0.1) is 0 Å². The number of amides is 2. The van der Waals surface area contributed by atoms with Gasteiger partial charge in [-0.05, 0) is 24.7 Å². The fraction of sp³-hybridized carbons (Fsp3) is 0.750. The Morgan fingerprint density at radius 1 is 1.44 bits per heavy atom. The Hall–Kier alpha value is -1.03. The predicted octanol–water partition coefficient (Wildman–Crippen LogP) is 0.812. The van der Waals surface area contributed by atoms with Crippen LogP contribution in [0.2, 0.25) is 0 Å². The van der Waals surface area contributed by atoms with Crippen molar-refractivity contribution in [3.63, 3.8) is 0 Å². The second kappa shape index (κ2) is 4.87. The van der Waals surface area contributed by atoms with Crippen LogP contribution in [0.15, 0.2) is 12.2 Å². The molecule has 4 heteroatoms. The molecule has 16 heavy (non-hydrogen) atoms. The van der Waals surface area contributed by atoms with E-state index >= 15 is 0 Å². The maximum absolute atomic E-state index is 11.2. The van der Waals surface area contributed by atoms with Gasteiger partial charge in [-0.2, -0.15) is 0 Å². The molecule has 2 amide bonds. The van der Waals surface area contributed by atoms with Crippen LogP contribution in [0.1, 0.15) is 12.8 Å². The average Bonchev–Trinajstić information content (AvgIpc) is 2.59. The summed E-state index contributed by atoms with van der Waals surface area (Å²) in [6.07, 6.45) is 7.19. The molecule has 0 aromatic heterocycles. The molecule has 2 N–H and O–H groups in total. The standard InChI is InChI=1S/C12H21N3O/c1-15(2)12(16)14-7-6-13-11-8-9-4-3-5-10(9)11/h3,5,9-11,13H,4,6-8H2,1-2H3,(H,14,16). The largest absolute Gasteiger partial charge is 0.337 e.